The summed E-state index contributed by atoms with van der Waals surface area (Å²) in [7, 11) is 1.35. The number of aromatic nitrogens is 4. The molecule has 0 radical (unpaired) electrons. The Kier molecular flexibility index (Phi) is 8.48. The molecule has 4 heterocycles. The Morgan fingerprint density at radius 2 is 1.87 bits per heavy atom. The highest BCUT2D eigenvalue weighted by Crippen LogP contribution is 2.45. The van der Waals surface area contributed by atoms with E-state index in [-0.39, 0.29) is 57.7 Å². The van der Waals surface area contributed by atoms with Crippen LogP contribution >= 0.6 is 11.6 Å². The van der Waals surface area contributed by atoms with Crippen molar-refractivity contribution in [2.75, 3.05) is 31.5 Å². The molecule has 0 unspecified atom stereocenters. The van der Waals surface area contributed by atoms with Crippen LogP contribution in [0.5, 0.6) is 0 Å². The van der Waals surface area contributed by atoms with E-state index in [1.165, 1.54) is 25.2 Å². The maximum atomic E-state index is 13.7. The average molecular weight is 680 g/mol. The van der Waals surface area contributed by atoms with Gasteiger partial charge in [-0.2, -0.15) is 18.3 Å². The van der Waals surface area contributed by atoms with Crippen LogP contribution in [0.1, 0.15) is 26.7 Å². The van der Waals surface area contributed by atoms with Crippen LogP contribution in [0, 0.1) is 11.8 Å². The van der Waals surface area contributed by atoms with E-state index in [9.17, 15) is 37.1 Å². The van der Waals surface area contributed by atoms with E-state index in [0.29, 0.717) is 26.2 Å². The van der Waals surface area contributed by atoms with Gasteiger partial charge in [0.25, 0.3) is 11.8 Å². The van der Waals surface area contributed by atoms with Gasteiger partial charge in [0, 0.05) is 63.0 Å². The number of likely N-dealkylation sites (tertiary alicyclic amines) is 1. The second kappa shape index (κ2) is 12.3. The normalized spacial score (nSPS) is 23.4. The zero-order valence-corrected chi connectivity index (χ0v) is 25.6. The largest absolute Gasteiger partial charge is 0.435 e. The van der Waals surface area contributed by atoms with Crippen molar-refractivity contribution >= 4 is 35.1 Å². The fourth-order valence-corrected chi connectivity index (χ4v) is 6.37. The SMILES string of the molecule is C=C(F)Cn1cc(-c2cnc(C(=O)Nc3ccc(C(=O)N[C@H]4[C@@H]5CN(C(=O)N[C@@H]6CNC[C@H]6O)C[C@@H]54)c(Cl)c3)n2C)c(C(F)(F)F)n1. The zero-order chi connectivity index (χ0) is 33.8. The van der Waals surface area contributed by atoms with Gasteiger partial charge in [0.2, 0.25) is 0 Å². The summed E-state index contributed by atoms with van der Waals surface area (Å²) in [5.74, 6) is -2.10. The number of carbonyl (C=O) groups excluding carboxylic acids is 3. The van der Waals surface area contributed by atoms with Crippen LogP contribution in [0.4, 0.5) is 28.0 Å². The van der Waals surface area contributed by atoms with E-state index in [1.807, 2.05) is 0 Å². The van der Waals surface area contributed by atoms with E-state index in [0.717, 1.165) is 21.6 Å². The topological polar surface area (TPSA) is 158 Å². The van der Waals surface area contributed by atoms with Crippen LogP contribution < -0.4 is 21.3 Å². The number of urea groups is 1. The van der Waals surface area contributed by atoms with E-state index < -0.39 is 47.7 Å². The number of hydrogen-bond donors (Lipinski definition) is 5. The summed E-state index contributed by atoms with van der Waals surface area (Å²) in [5.41, 5.74) is -1.38. The van der Waals surface area contributed by atoms with Crippen molar-refractivity contribution in [1.82, 2.24) is 40.2 Å². The van der Waals surface area contributed by atoms with Crippen molar-refractivity contribution in [3.05, 3.63) is 65.1 Å². The lowest BCUT2D eigenvalue weighted by Gasteiger charge is -2.24. The number of alkyl halides is 3. The van der Waals surface area contributed by atoms with Crippen LogP contribution in [0.25, 0.3) is 11.3 Å². The van der Waals surface area contributed by atoms with Crippen molar-refractivity contribution in [1.29, 1.82) is 0 Å². The van der Waals surface area contributed by atoms with Crippen LogP contribution in [0.2, 0.25) is 5.02 Å². The van der Waals surface area contributed by atoms with Crippen LogP contribution in [-0.2, 0) is 19.8 Å². The lowest BCUT2D eigenvalue weighted by molar-refractivity contribution is -0.141. The maximum Gasteiger partial charge on any atom is 0.435 e. The van der Waals surface area contributed by atoms with Crippen LogP contribution in [0.15, 0.2) is 43.0 Å². The van der Waals surface area contributed by atoms with E-state index in [2.05, 4.69) is 37.9 Å². The highest BCUT2D eigenvalue weighted by molar-refractivity contribution is 6.34. The molecule has 1 aliphatic carbocycles. The van der Waals surface area contributed by atoms with Gasteiger partial charge in [-0.1, -0.05) is 18.2 Å². The molecule has 1 saturated carbocycles. The molecule has 2 aromatic heterocycles. The Morgan fingerprint density at radius 3 is 2.49 bits per heavy atom. The molecule has 5 atom stereocenters. The first-order chi connectivity index (χ1) is 22.2. The molecule has 18 heteroatoms. The number of allylic oxidation sites excluding steroid dienone is 1. The fourth-order valence-electron chi connectivity index (χ4n) is 6.11. The molecule has 250 valence electrons. The number of β-amino-alcohol motifs (C(OH)–C–C–N with tert-alkyl or cyclic N) is 1. The summed E-state index contributed by atoms with van der Waals surface area (Å²) in [4.78, 5) is 44.2. The molecule has 6 rings (SSSR count). The third-order valence-electron chi connectivity index (χ3n) is 8.57. The monoisotopic (exact) mass is 679 g/mol. The van der Waals surface area contributed by atoms with Crippen molar-refractivity contribution in [3.63, 3.8) is 0 Å². The molecule has 3 fully saturated rings. The van der Waals surface area contributed by atoms with Gasteiger partial charge < -0.3 is 35.8 Å². The van der Waals surface area contributed by atoms with Gasteiger partial charge in [-0.25, -0.2) is 14.2 Å². The number of nitrogens with zero attached hydrogens (tertiary/aromatic N) is 5. The lowest BCUT2D eigenvalue weighted by Crippen LogP contribution is -2.49. The van der Waals surface area contributed by atoms with Crippen molar-refractivity contribution < 1.29 is 37.1 Å². The van der Waals surface area contributed by atoms with Gasteiger partial charge in [0.1, 0.15) is 5.83 Å². The second-order valence-electron chi connectivity index (χ2n) is 11.8. The molecule has 2 aliphatic heterocycles. The number of amides is 4. The molecule has 3 aromatic rings. The lowest BCUT2D eigenvalue weighted by atomic mass is 10.2. The third-order valence-corrected chi connectivity index (χ3v) is 8.89. The number of anilines is 1. The Morgan fingerprint density at radius 1 is 1.15 bits per heavy atom. The molecule has 1 aromatic carbocycles. The number of carbonyl (C=O) groups is 3. The van der Waals surface area contributed by atoms with Crippen LogP contribution in [0.3, 0.4) is 0 Å². The Labute approximate surface area is 269 Å². The summed E-state index contributed by atoms with van der Waals surface area (Å²) < 4.78 is 56.2. The Hall–Kier alpha value is -4.48. The van der Waals surface area contributed by atoms with Crippen molar-refractivity contribution in [2.24, 2.45) is 18.9 Å². The molecule has 5 N–H and O–H groups in total. The number of benzene rings is 1. The average Bonchev–Trinajstić information content (AvgIpc) is 3.54. The summed E-state index contributed by atoms with van der Waals surface area (Å²) >= 11 is 6.38. The van der Waals surface area contributed by atoms with Gasteiger partial charge in [-0.05, 0) is 18.2 Å². The molecule has 2 saturated heterocycles. The van der Waals surface area contributed by atoms with Crippen LogP contribution in [-0.4, -0.2) is 91.6 Å². The molecular weight excluding hydrogens is 650 g/mol. The summed E-state index contributed by atoms with van der Waals surface area (Å²) in [6.07, 6.45) is -3.42. The van der Waals surface area contributed by atoms with E-state index in [1.54, 1.807) is 4.90 Å². The third kappa shape index (κ3) is 6.55. The van der Waals surface area contributed by atoms with E-state index in [4.69, 9.17) is 11.6 Å². The molecule has 13 nitrogen and oxygen atoms in total. The number of piperidine rings is 1. The van der Waals surface area contributed by atoms with Gasteiger partial charge in [0.05, 0.1) is 46.7 Å². The van der Waals surface area contributed by atoms with Crippen molar-refractivity contribution in [3.8, 4) is 11.3 Å². The first kappa shape index (κ1) is 32.5. The highest BCUT2D eigenvalue weighted by Gasteiger charge is 2.57. The van der Waals surface area contributed by atoms with Gasteiger partial charge >= 0.3 is 12.2 Å². The number of rotatable bonds is 8. The first-order valence-electron chi connectivity index (χ1n) is 14.6. The fraction of sp³-hybridized carbons (Fsp3) is 0.414. The second-order valence-corrected chi connectivity index (χ2v) is 12.2. The van der Waals surface area contributed by atoms with E-state index >= 15 is 0 Å². The molecule has 47 heavy (non-hydrogen) atoms. The summed E-state index contributed by atoms with van der Waals surface area (Å²) in [5, 5.41) is 24.8. The minimum Gasteiger partial charge on any atom is -0.390 e. The predicted octanol–water partition coefficient (Wildman–Crippen LogP) is 2.39. The standard InChI is InChI=1S/C29H30ClF4N9O4/c1-13(31)9-43-12-18(24(40-43)29(32,33)34)21-7-36-25(41(21)2)27(46)37-14-3-4-15(19(30)5-14)26(45)39-23-16-10-42(11-17(16)23)28(47)38-20-6-35-8-22(20)44/h3-5,7,12,16-17,20,22-23,35,44H,1,6,8-11H2,2H3,(H,37,46)(H,38,47)(H,39,45)/t16-,17+,20-,22-,23+/m1/s1. The van der Waals surface area contributed by atoms with Gasteiger partial charge in [-0.15, -0.1) is 0 Å². The molecular formula is C29H30ClF4N9O4. The number of hydrogen-bond acceptors (Lipinski definition) is 7. The van der Waals surface area contributed by atoms with Gasteiger partial charge in [0.15, 0.2) is 11.5 Å². The number of nitrogens with one attached hydrogen (secondary N) is 4. The zero-order valence-electron chi connectivity index (χ0n) is 24.8. The highest BCUT2D eigenvalue weighted by atomic mass is 35.5. The number of aliphatic hydroxyl groups excluding tert-OH is 1. The minimum absolute atomic E-state index is 0.0491. The summed E-state index contributed by atoms with van der Waals surface area (Å²) in [6.45, 7) is 4.34. The number of fused-ring (bicyclic) bond motifs is 1. The molecule has 4 amide bonds. The Balaban J connectivity index is 1.06. The molecule has 3 aliphatic rings. The smallest absolute Gasteiger partial charge is 0.390 e. The van der Waals surface area contributed by atoms with Crippen molar-refractivity contribution in [2.45, 2.75) is 30.9 Å². The maximum absolute atomic E-state index is 13.7. The number of halogens is 5. The predicted molar refractivity (Wildman–Crippen MR) is 160 cm³/mol. The Bertz CT molecular complexity index is 1750. The summed E-state index contributed by atoms with van der Waals surface area (Å²) in [6, 6.07) is 3.52. The minimum atomic E-state index is -4.86. The number of imidazole rings is 1. The quantitative estimate of drug-likeness (QED) is 0.229. The molecule has 0 bridgehead atoms. The van der Waals surface area contributed by atoms with Gasteiger partial charge in [-0.3, -0.25) is 14.3 Å². The number of aliphatic hydroxyl groups is 1. The molecule has 0 spiro atoms. The first-order valence-corrected chi connectivity index (χ1v) is 14.9.